The second-order valence-corrected chi connectivity index (χ2v) is 11.7. The number of nitrogens with zero attached hydrogens (tertiary/aromatic N) is 1. The standard InChI is InChI=1S/C24H24N2O7S2/c1-3-33-13-6-9(4-5-12(13)27)15-16-10-7-11(19(16)34-21-20(15)35-24(31)25-21)18-17(10)22(29)26(23(18)30)8-14(28)32-2/h4-6,10-11,15-19,27H,3,7-8H2,1-2H3,(H,25,31). The van der Waals surface area contributed by atoms with Gasteiger partial charge in [0.15, 0.2) is 11.5 Å². The van der Waals surface area contributed by atoms with Gasteiger partial charge in [0.1, 0.15) is 6.54 Å². The fraction of sp³-hybridized carbons (Fsp3) is 0.500. The van der Waals surface area contributed by atoms with Crippen molar-refractivity contribution in [2.45, 2.75) is 29.5 Å². The number of benzene rings is 1. The number of thiazole rings is 1. The number of esters is 1. The van der Waals surface area contributed by atoms with Crippen LogP contribution >= 0.6 is 23.1 Å². The topological polar surface area (TPSA) is 126 Å². The number of amides is 2. The smallest absolute Gasteiger partial charge is 0.325 e. The van der Waals surface area contributed by atoms with Gasteiger partial charge in [0.05, 0.1) is 30.6 Å². The first-order valence-corrected chi connectivity index (χ1v) is 13.3. The Labute approximate surface area is 208 Å². The summed E-state index contributed by atoms with van der Waals surface area (Å²) in [5.74, 6) is -1.93. The van der Waals surface area contributed by atoms with Crippen molar-refractivity contribution in [2.75, 3.05) is 20.3 Å². The first kappa shape index (κ1) is 22.7. The molecule has 7 unspecified atom stereocenters. The quantitative estimate of drug-likeness (QED) is 0.458. The van der Waals surface area contributed by atoms with E-state index in [2.05, 4.69) is 4.98 Å². The van der Waals surface area contributed by atoms with Crippen molar-refractivity contribution in [1.29, 1.82) is 0 Å². The summed E-state index contributed by atoms with van der Waals surface area (Å²) < 4.78 is 10.3. The van der Waals surface area contributed by atoms with Gasteiger partial charge in [-0.15, -0.1) is 11.8 Å². The maximum Gasteiger partial charge on any atom is 0.325 e. The molecule has 3 heterocycles. The van der Waals surface area contributed by atoms with Crippen molar-refractivity contribution in [1.82, 2.24) is 9.88 Å². The number of carbonyl (C=O) groups excluding carboxylic acids is 3. The number of thioether (sulfide) groups is 1. The zero-order valence-corrected chi connectivity index (χ0v) is 20.7. The van der Waals surface area contributed by atoms with Crippen LogP contribution in [-0.2, 0) is 19.1 Å². The molecule has 2 aliphatic carbocycles. The van der Waals surface area contributed by atoms with E-state index in [1.165, 1.54) is 18.4 Å². The predicted octanol–water partition coefficient (Wildman–Crippen LogP) is 2.19. The van der Waals surface area contributed by atoms with Gasteiger partial charge in [-0.1, -0.05) is 17.4 Å². The summed E-state index contributed by atoms with van der Waals surface area (Å²) in [6.45, 7) is 1.88. The maximum absolute atomic E-state index is 13.4. The summed E-state index contributed by atoms with van der Waals surface area (Å²) in [6.07, 6.45) is 0.757. The van der Waals surface area contributed by atoms with Crippen LogP contribution in [0.3, 0.4) is 0 Å². The molecule has 2 amide bonds. The molecular weight excluding hydrogens is 492 g/mol. The van der Waals surface area contributed by atoms with Gasteiger partial charge in [-0.25, -0.2) is 0 Å². The highest BCUT2D eigenvalue weighted by Gasteiger charge is 2.69. The summed E-state index contributed by atoms with van der Waals surface area (Å²) >= 11 is 2.77. The minimum absolute atomic E-state index is 0.0263. The summed E-state index contributed by atoms with van der Waals surface area (Å²) in [4.78, 5) is 55.7. The van der Waals surface area contributed by atoms with Gasteiger partial charge in [-0.2, -0.15) is 0 Å². The number of hydrogen-bond acceptors (Lipinski definition) is 9. The number of likely N-dealkylation sites (tertiary alicyclic amines) is 1. The summed E-state index contributed by atoms with van der Waals surface area (Å²) in [7, 11) is 1.24. The number of aromatic amines is 1. The zero-order chi connectivity index (χ0) is 24.6. The van der Waals surface area contributed by atoms with E-state index < -0.39 is 17.8 Å². The third-order valence-electron chi connectivity index (χ3n) is 7.97. The van der Waals surface area contributed by atoms with Crippen LogP contribution in [0, 0.1) is 29.6 Å². The predicted molar refractivity (Wildman–Crippen MR) is 127 cm³/mol. The molecular formula is C24H24N2O7S2. The molecule has 6 rings (SSSR count). The van der Waals surface area contributed by atoms with E-state index in [-0.39, 0.29) is 57.9 Å². The van der Waals surface area contributed by atoms with E-state index in [1.54, 1.807) is 17.8 Å². The van der Waals surface area contributed by atoms with Gasteiger partial charge in [0.2, 0.25) is 11.8 Å². The first-order chi connectivity index (χ1) is 16.8. The molecule has 0 radical (unpaired) electrons. The maximum atomic E-state index is 13.4. The van der Waals surface area contributed by atoms with Crippen LogP contribution in [0.5, 0.6) is 11.5 Å². The Bertz CT molecular complexity index is 1300. The molecule has 2 saturated carbocycles. The number of rotatable bonds is 5. The Kier molecular flexibility index (Phi) is 5.26. The lowest BCUT2D eigenvalue weighted by Gasteiger charge is -2.43. The summed E-state index contributed by atoms with van der Waals surface area (Å²) in [6, 6.07) is 5.27. The molecule has 2 N–H and O–H groups in total. The zero-order valence-electron chi connectivity index (χ0n) is 19.1. The second-order valence-electron chi connectivity index (χ2n) is 9.46. The number of H-pyrrole nitrogens is 1. The highest BCUT2D eigenvalue weighted by molar-refractivity contribution is 8.00. The van der Waals surface area contributed by atoms with Crippen molar-refractivity contribution in [2.24, 2.45) is 29.6 Å². The van der Waals surface area contributed by atoms with Crippen molar-refractivity contribution < 1.29 is 29.0 Å². The fourth-order valence-corrected chi connectivity index (χ4v) is 9.69. The van der Waals surface area contributed by atoms with Crippen LogP contribution in [0.1, 0.15) is 29.7 Å². The largest absolute Gasteiger partial charge is 0.504 e. The number of fused-ring (bicyclic) bond motifs is 9. The van der Waals surface area contributed by atoms with E-state index in [0.29, 0.717) is 12.4 Å². The SMILES string of the molecule is CCOc1cc(C2c3sc(=O)[nH]c3SC3C4CC(C5C(=O)N(CC(=O)OC)C(=O)C45)C23)ccc1O. The molecule has 1 saturated heterocycles. The Balaban J connectivity index is 1.43. The fourth-order valence-electron chi connectivity index (χ4n) is 6.80. The first-order valence-electron chi connectivity index (χ1n) is 11.6. The number of carbonyl (C=O) groups is 3. The third kappa shape index (κ3) is 3.20. The van der Waals surface area contributed by atoms with Gasteiger partial charge in [0.25, 0.3) is 0 Å². The van der Waals surface area contributed by atoms with E-state index in [1.807, 2.05) is 19.1 Å². The molecule has 184 valence electrons. The molecule has 1 aromatic carbocycles. The lowest BCUT2D eigenvalue weighted by atomic mass is 9.68. The normalized spacial score (nSPS) is 32.4. The second kappa shape index (κ2) is 8.12. The molecule has 9 nitrogen and oxygen atoms in total. The Hall–Kier alpha value is -2.79. The lowest BCUT2D eigenvalue weighted by Crippen LogP contribution is -2.42. The van der Waals surface area contributed by atoms with Crippen LogP contribution in [0.15, 0.2) is 28.0 Å². The van der Waals surface area contributed by atoms with Crippen LogP contribution in [0.4, 0.5) is 0 Å². The van der Waals surface area contributed by atoms with Gasteiger partial charge in [-0.3, -0.25) is 24.1 Å². The molecule has 3 fully saturated rings. The number of methoxy groups -OCH3 is 1. The van der Waals surface area contributed by atoms with Gasteiger partial charge >= 0.3 is 10.8 Å². The highest BCUT2D eigenvalue weighted by atomic mass is 32.2. The van der Waals surface area contributed by atoms with E-state index in [9.17, 15) is 24.3 Å². The Morgan fingerprint density at radius 2 is 1.94 bits per heavy atom. The molecule has 4 aliphatic rings. The van der Waals surface area contributed by atoms with Crippen molar-refractivity contribution in [3.8, 4) is 11.5 Å². The number of nitrogens with one attached hydrogen (secondary N) is 1. The minimum Gasteiger partial charge on any atom is -0.504 e. The summed E-state index contributed by atoms with van der Waals surface area (Å²) in [5, 5.41) is 11.1. The number of hydrogen-bond donors (Lipinski definition) is 2. The van der Waals surface area contributed by atoms with E-state index in [4.69, 9.17) is 9.47 Å². The third-order valence-corrected chi connectivity index (χ3v) is 10.6. The number of aromatic nitrogens is 1. The molecule has 2 aromatic rings. The van der Waals surface area contributed by atoms with Crippen molar-refractivity contribution in [3.63, 3.8) is 0 Å². The van der Waals surface area contributed by atoms with E-state index >= 15 is 0 Å². The summed E-state index contributed by atoms with van der Waals surface area (Å²) in [5.41, 5.74) is 0.908. The van der Waals surface area contributed by atoms with Gasteiger partial charge < -0.3 is 19.6 Å². The molecule has 1 aromatic heterocycles. The number of ether oxygens (including phenoxy) is 2. The van der Waals surface area contributed by atoms with Gasteiger partial charge in [0, 0.05) is 16.0 Å². The van der Waals surface area contributed by atoms with E-state index in [0.717, 1.165) is 26.8 Å². The molecule has 2 aliphatic heterocycles. The van der Waals surface area contributed by atoms with Crippen LogP contribution in [0.25, 0.3) is 0 Å². The number of imide groups is 1. The number of aromatic hydroxyl groups is 1. The minimum atomic E-state index is -0.615. The van der Waals surface area contributed by atoms with Gasteiger partial charge in [-0.05, 0) is 48.8 Å². The van der Waals surface area contributed by atoms with Crippen LogP contribution in [0.2, 0.25) is 0 Å². The Morgan fingerprint density at radius 3 is 2.66 bits per heavy atom. The molecule has 35 heavy (non-hydrogen) atoms. The van der Waals surface area contributed by atoms with Crippen molar-refractivity contribution >= 4 is 40.9 Å². The highest BCUT2D eigenvalue weighted by Crippen LogP contribution is 2.68. The average molecular weight is 517 g/mol. The van der Waals surface area contributed by atoms with Crippen molar-refractivity contribution in [3.05, 3.63) is 38.3 Å². The Morgan fingerprint density at radius 1 is 1.20 bits per heavy atom. The average Bonchev–Trinajstić information content (AvgIpc) is 3.56. The van der Waals surface area contributed by atoms with Crippen LogP contribution < -0.4 is 9.61 Å². The number of phenolic OH excluding ortho intramolecular Hbond substituents is 1. The number of phenols is 1. The molecule has 2 bridgehead atoms. The lowest BCUT2D eigenvalue weighted by molar-refractivity contribution is -0.151. The monoisotopic (exact) mass is 516 g/mol. The molecule has 7 atom stereocenters. The van der Waals surface area contributed by atoms with Crippen LogP contribution in [-0.4, -0.2) is 58.3 Å². The molecule has 11 heteroatoms. The molecule has 0 spiro atoms.